The molecule has 1 amide bonds. The molecule has 0 radical (unpaired) electrons. The van der Waals surface area contributed by atoms with Crippen molar-refractivity contribution in [1.29, 1.82) is 0 Å². The first-order valence-electron chi connectivity index (χ1n) is 12.7. The summed E-state index contributed by atoms with van der Waals surface area (Å²) in [7, 11) is 0. The predicted octanol–water partition coefficient (Wildman–Crippen LogP) is 3.79. The van der Waals surface area contributed by atoms with E-state index in [-0.39, 0.29) is 42.4 Å². The molecular weight excluding hydrogens is 589 g/mol. The van der Waals surface area contributed by atoms with Crippen LogP contribution in [0.25, 0.3) is 17.1 Å². The molecule has 5 rings (SSSR count). The minimum Gasteiger partial charge on any atom is -0.382 e. The van der Waals surface area contributed by atoms with Gasteiger partial charge in [0.25, 0.3) is 11.8 Å². The number of halogens is 6. The third-order valence-electron chi connectivity index (χ3n) is 6.75. The molecule has 222 valence electrons. The molecule has 4 aromatic rings. The van der Waals surface area contributed by atoms with Crippen molar-refractivity contribution >= 4 is 17.5 Å². The average Bonchev–Trinajstić information content (AvgIpc) is 3.53. The molecule has 3 heterocycles. The fourth-order valence-corrected chi connectivity index (χ4v) is 4.60. The Bertz CT molecular complexity index is 1640. The molecule has 1 aliphatic rings. The molecule has 10 nitrogen and oxygen atoms in total. The molecule has 0 aliphatic carbocycles. The van der Waals surface area contributed by atoms with Gasteiger partial charge in [-0.3, -0.25) is 9.36 Å². The number of hydrogen-bond donors (Lipinski definition) is 1. The van der Waals surface area contributed by atoms with Crippen LogP contribution < -0.4 is 5.69 Å². The number of para-hydroxylation sites is 1. The molecule has 1 fully saturated rings. The maximum absolute atomic E-state index is 13.6. The number of carbonyl (C=O) groups excluding carboxylic acids is 1. The number of aliphatic hydroxyl groups is 1. The van der Waals surface area contributed by atoms with Gasteiger partial charge < -0.3 is 10.0 Å². The van der Waals surface area contributed by atoms with Crippen molar-refractivity contribution in [1.82, 2.24) is 34.0 Å². The van der Waals surface area contributed by atoms with Gasteiger partial charge in [-0.15, -0.1) is 10.2 Å². The summed E-state index contributed by atoms with van der Waals surface area (Å²) in [4.78, 5) is 31.8. The van der Waals surface area contributed by atoms with Crippen molar-refractivity contribution < 1.29 is 31.9 Å². The summed E-state index contributed by atoms with van der Waals surface area (Å²) in [6.07, 6.45) is -7.39. The summed E-state index contributed by atoms with van der Waals surface area (Å²) in [5.41, 5.74) is -0.151. The molecule has 1 aliphatic heterocycles. The number of carbonyl (C=O) groups is 1. The van der Waals surface area contributed by atoms with Crippen LogP contribution in [-0.4, -0.2) is 76.3 Å². The molecule has 0 spiro atoms. The Hall–Kier alpha value is -4.11. The number of nitrogens with zero attached hydrogens (tertiary/aromatic N) is 7. The Morgan fingerprint density at radius 2 is 1.71 bits per heavy atom. The van der Waals surface area contributed by atoms with E-state index in [1.165, 1.54) is 46.2 Å². The lowest BCUT2D eigenvalue weighted by Crippen LogP contribution is -2.43. The zero-order valence-corrected chi connectivity index (χ0v) is 22.4. The van der Waals surface area contributed by atoms with Crippen LogP contribution in [0.5, 0.6) is 0 Å². The van der Waals surface area contributed by atoms with Crippen LogP contribution in [0, 0.1) is 0 Å². The SMILES string of the molecule is O=C(c1ccccc1-n1cnc(Cn2nc(-c3ccc(Cl)cc3)n(C[C@H](O)C(F)(F)F)c2=O)n1)N1CCC(F)(F)CC1. The van der Waals surface area contributed by atoms with E-state index in [2.05, 4.69) is 15.2 Å². The van der Waals surface area contributed by atoms with Crippen LogP contribution in [0.4, 0.5) is 22.0 Å². The normalized spacial score (nSPS) is 16.0. The molecule has 1 saturated heterocycles. The zero-order chi connectivity index (χ0) is 30.2. The largest absolute Gasteiger partial charge is 0.416 e. The van der Waals surface area contributed by atoms with Crippen molar-refractivity contribution in [3.63, 3.8) is 0 Å². The maximum atomic E-state index is 13.6. The Morgan fingerprint density at radius 3 is 2.38 bits per heavy atom. The highest BCUT2D eigenvalue weighted by Gasteiger charge is 2.39. The van der Waals surface area contributed by atoms with Crippen molar-refractivity contribution in [2.24, 2.45) is 0 Å². The lowest BCUT2D eigenvalue weighted by atomic mass is 10.0. The average molecular weight is 612 g/mol. The number of piperidine rings is 1. The second-order valence-corrected chi connectivity index (χ2v) is 10.1. The van der Waals surface area contributed by atoms with E-state index in [0.29, 0.717) is 15.3 Å². The highest BCUT2D eigenvalue weighted by Crippen LogP contribution is 2.29. The molecule has 1 N–H and O–H groups in total. The smallest absolute Gasteiger partial charge is 0.382 e. The Labute approximate surface area is 239 Å². The Balaban J connectivity index is 1.43. The van der Waals surface area contributed by atoms with Crippen LogP contribution in [0.3, 0.4) is 0 Å². The van der Waals surface area contributed by atoms with Gasteiger partial charge >= 0.3 is 11.9 Å². The summed E-state index contributed by atoms with van der Waals surface area (Å²) in [5, 5.41) is 18.5. The zero-order valence-electron chi connectivity index (χ0n) is 21.7. The quantitative estimate of drug-likeness (QED) is 0.319. The molecule has 0 saturated carbocycles. The first-order chi connectivity index (χ1) is 19.8. The molecule has 1 atom stereocenters. The van der Waals surface area contributed by atoms with E-state index in [4.69, 9.17) is 11.6 Å². The first kappa shape index (κ1) is 29.4. The number of hydrogen-bond acceptors (Lipinski definition) is 6. The van der Waals surface area contributed by atoms with Crippen LogP contribution in [0.2, 0.25) is 5.02 Å². The minimum atomic E-state index is -4.97. The summed E-state index contributed by atoms with van der Waals surface area (Å²) in [6, 6.07) is 12.3. The minimum absolute atomic E-state index is 0.0423. The lowest BCUT2D eigenvalue weighted by Gasteiger charge is -2.32. The van der Waals surface area contributed by atoms with Gasteiger partial charge in [0.2, 0.25) is 0 Å². The number of alkyl halides is 5. The number of rotatable bonds is 7. The van der Waals surface area contributed by atoms with Crippen LogP contribution >= 0.6 is 11.6 Å². The van der Waals surface area contributed by atoms with Gasteiger partial charge in [-0.1, -0.05) is 23.7 Å². The predicted molar refractivity (Wildman–Crippen MR) is 140 cm³/mol. The molecular formula is C26H23ClF5N7O3. The second kappa shape index (κ2) is 11.3. The van der Waals surface area contributed by atoms with Crippen molar-refractivity contribution in [3.8, 4) is 17.1 Å². The first-order valence-corrected chi connectivity index (χ1v) is 13.1. The summed E-state index contributed by atoms with van der Waals surface area (Å²) < 4.78 is 69.4. The number of aliphatic hydroxyl groups excluding tert-OH is 1. The van der Waals surface area contributed by atoms with Crippen LogP contribution in [0.15, 0.2) is 59.7 Å². The number of aromatic nitrogens is 6. The van der Waals surface area contributed by atoms with Gasteiger partial charge in [0.1, 0.15) is 12.9 Å². The molecule has 42 heavy (non-hydrogen) atoms. The summed E-state index contributed by atoms with van der Waals surface area (Å²) in [6.45, 7) is -1.65. The van der Waals surface area contributed by atoms with E-state index in [9.17, 15) is 36.6 Å². The number of amides is 1. The highest BCUT2D eigenvalue weighted by atomic mass is 35.5. The van der Waals surface area contributed by atoms with Gasteiger partial charge in [-0.05, 0) is 36.4 Å². The third kappa shape index (κ3) is 6.21. The number of benzene rings is 2. The molecule has 2 aromatic carbocycles. The van der Waals surface area contributed by atoms with Gasteiger partial charge in [0, 0.05) is 36.5 Å². The maximum Gasteiger partial charge on any atom is 0.416 e. The van der Waals surface area contributed by atoms with E-state index < -0.39 is 49.2 Å². The van der Waals surface area contributed by atoms with Gasteiger partial charge in [0.05, 0.1) is 17.8 Å². The fraction of sp³-hybridized carbons (Fsp3) is 0.346. The third-order valence-corrected chi connectivity index (χ3v) is 7.00. The van der Waals surface area contributed by atoms with Crippen molar-refractivity contribution in [2.45, 2.75) is 44.1 Å². The van der Waals surface area contributed by atoms with Crippen LogP contribution in [0.1, 0.15) is 29.0 Å². The molecule has 0 unspecified atom stereocenters. The topological polar surface area (TPSA) is 111 Å². The fourth-order valence-electron chi connectivity index (χ4n) is 4.48. The standard InChI is InChI=1S/C26H23ClF5N7O3/c27-17-7-5-16(6-8-17)22-35-38(24(42)37(22)13-20(40)26(30,31)32)14-21-33-15-39(34-21)19-4-2-1-3-18(19)23(41)36-11-9-25(28,29)10-12-36/h1-8,15,20,40H,9-14H2/t20-/m0/s1. The summed E-state index contributed by atoms with van der Waals surface area (Å²) >= 11 is 5.91. The van der Waals surface area contributed by atoms with Crippen LogP contribution in [-0.2, 0) is 13.1 Å². The van der Waals surface area contributed by atoms with Gasteiger partial charge in [-0.25, -0.2) is 27.9 Å². The Morgan fingerprint density at radius 1 is 1.05 bits per heavy atom. The van der Waals surface area contributed by atoms with Crippen molar-refractivity contribution in [3.05, 3.63) is 81.8 Å². The molecule has 0 bridgehead atoms. The van der Waals surface area contributed by atoms with E-state index >= 15 is 0 Å². The second-order valence-electron chi connectivity index (χ2n) is 9.71. The number of likely N-dealkylation sites (tertiary alicyclic amines) is 1. The van der Waals surface area contributed by atoms with E-state index in [0.717, 1.165) is 4.68 Å². The lowest BCUT2D eigenvalue weighted by molar-refractivity contribution is -0.207. The molecule has 2 aromatic heterocycles. The van der Waals surface area contributed by atoms with Crippen molar-refractivity contribution in [2.75, 3.05) is 13.1 Å². The Kier molecular flexibility index (Phi) is 7.90. The van der Waals surface area contributed by atoms with Gasteiger partial charge in [0.15, 0.2) is 17.8 Å². The summed E-state index contributed by atoms with van der Waals surface area (Å²) in [5.74, 6) is -3.37. The highest BCUT2D eigenvalue weighted by molar-refractivity contribution is 6.30. The monoisotopic (exact) mass is 611 g/mol. The van der Waals surface area contributed by atoms with E-state index in [1.807, 2.05) is 0 Å². The van der Waals surface area contributed by atoms with Gasteiger partial charge in [-0.2, -0.15) is 13.2 Å². The van der Waals surface area contributed by atoms with E-state index in [1.54, 1.807) is 18.2 Å². The molecule has 16 heteroatoms.